The highest BCUT2D eigenvalue weighted by molar-refractivity contribution is 9.10. The third-order valence-corrected chi connectivity index (χ3v) is 2.33. The molecule has 0 unspecified atom stereocenters. The zero-order valence-corrected chi connectivity index (χ0v) is 8.23. The molecule has 1 aliphatic heterocycles. The maximum Gasteiger partial charge on any atom is 0.143 e. The lowest BCUT2D eigenvalue weighted by Gasteiger charge is -2.06. The van der Waals surface area contributed by atoms with Gasteiger partial charge in [0.15, 0.2) is 0 Å². The van der Waals surface area contributed by atoms with E-state index >= 15 is 0 Å². The van der Waals surface area contributed by atoms with Crippen LogP contribution >= 0.6 is 15.9 Å². The first-order chi connectivity index (χ1) is 5.86. The molecule has 0 saturated heterocycles. The molecule has 1 N–H and O–H groups in total. The van der Waals surface area contributed by atoms with E-state index in [2.05, 4.69) is 21.2 Å². The first-order valence-corrected chi connectivity index (χ1v) is 4.82. The Kier molecular flexibility index (Phi) is 2.21. The average molecular weight is 228 g/mol. The van der Waals surface area contributed by atoms with Crippen molar-refractivity contribution in [3.05, 3.63) is 22.7 Å². The van der Waals surface area contributed by atoms with Crippen molar-refractivity contribution < 1.29 is 4.74 Å². The van der Waals surface area contributed by atoms with Crippen LogP contribution in [0.5, 0.6) is 5.75 Å². The van der Waals surface area contributed by atoms with Gasteiger partial charge in [-0.1, -0.05) is 15.9 Å². The van der Waals surface area contributed by atoms with Crippen LogP contribution in [0.3, 0.4) is 0 Å². The van der Waals surface area contributed by atoms with Crippen molar-refractivity contribution in [2.45, 2.75) is 6.42 Å². The monoisotopic (exact) mass is 227 g/mol. The minimum atomic E-state index is 0.802. The Bertz CT molecular complexity index is 288. The molecule has 1 heterocycles. The van der Waals surface area contributed by atoms with E-state index in [-0.39, 0.29) is 0 Å². The van der Waals surface area contributed by atoms with Crippen molar-refractivity contribution >= 4 is 21.6 Å². The van der Waals surface area contributed by atoms with Gasteiger partial charge in [-0.05, 0) is 24.6 Å². The summed E-state index contributed by atoms with van der Waals surface area (Å²) in [7, 11) is 0. The van der Waals surface area contributed by atoms with Gasteiger partial charge in [0.05, 0.1) is 12.3 Å². The van der Waals surface area contributed by atoms with Gasteiger partial charge >= 0.3 is 0 Å². The van der Waals surface area contributed by atoms with Gasteiger partial charge in [-0.3, -0.25) is 0 Å². The average Bonchev–Trinajstić information content (AvgIpc) is 2.28. The van der Waals surface area contributed by atoms with Crippen LogP contribution in [0.2, 0.25) is 0 Å². The van der Waals surface area contributed by atoms with Gasteiger partial charge in [0.25, 0.3) is 0 Å². The van der Waals surface area contributed by atoms with Crippen LogP contribution in [0.15, 0.2) is 22.7 Å². The van der Waals surface area contributed by atoms with E-state index in [1.165, 1.54) is 0 Å². The zero-order valence-electron chi connectivity index (χ0n) is 6.64. The molecule has 0 saturated carbocycles. The number of hydrogen-bond acceptors (Lipinski definition) is 2. The van der Waals surface area contributed by atoms with Crippen LogP contribution in [0.25, 0.3) is 0 Å². The molecule has 64 valence electrons. The first-order valence-electron chi connectivity index (χ1n) is 4.02. The summed E-state index contributed by atoms with van der Waals surface area (Å²) in [6.45, 7) is 1.80. The van der Waals surface area contributed by atoms with Gasteiger partial charge < -0.3 is 10.1 Å². The molecule has 3 heteroatoms. The van der Waals surface area contributed by atoms with E-state index in [1.54, 1.807) is 0 Å². The third kappa shape index (κ3) is 1.55. The van der Waals surface area contributed by atoms with Gasteiger partial charge in [0.2, 0.25) is 0 Å². The normalized spacial score (nSPS) is 15.4. The van der Waals surface area contributed by atoms with Crippen molar-refractivity contribution in [3.63, 3.8) is 0 Å². The standard InChI is InChI=1S/C9H10BrNO/c10-7-2-3-8-9(6-7)12-5-1-4-11-8/h2-3,6,11H,1,4-5H2. The predicted octanol–water partition coefficient (Wildman–Crippen LogP) is 2.64. The summed E-state index contributed by atoms with van der Waals surface area (Å²) >= 11 is 3.41. The topological polar surface area (TPSA) is 21.3 Å². The van der Waals surface area contributed by atoms with Gasteiger partial charge in [-0.25, -0.2) is 0 Å². The Hall–Kier alpha value is -0.700. The number of nitrogens with one attached hydrogen (secondary N) is 1. The number of rotatable bonds is 0. The largest absolute Gasteiger partial charge is 0.491 e. The van der Waals surface area contributed by atoms with Crippen LogP contribution < -0.4 is 10.1 Å². The van der Waals surface area contributed by atoms with E-state index in [0.717, 1.165) is 35.5 Å². The molecule has 0 aromatic heterocycles. The Morgan fingerprint density at radius 1 is 1.42 bits per heavy atom. The summed E-state index contributed by atoms with van der Waals surface area (Å²) in [6.07, 6.45) is 1.06. The second kappa shape index (κ2) is 3.35. The number of fused-ring (bicyclic) bond motifs is 1. The summed E-state index contributed by atoms with van der Waals surface area (Å²) < 4.78 is 6.60. The van der Waals surface area contributed by atoms with Crippen LogP contribution in [0.1, 0.15) is 6.42 Å². The molecule has 0 aliphatic carbocycles. The molecular formula is C9H10BrNO. The van der Waals surface area contributed by atoms with Crippen molar-refractivity contribution in [2.24, 2.45) is 0 Å². The van der Waals surface area contributed by atoms with E-state index in [0.29, 0.717) is 0 Å². The van der Waals surface area contributed by atoms with Gasteiger partial charge in [-0.2, -0.15) is 0 Å². The fourth-order valence-corrected chi connectivity index (χ4v) is 1.58. The highest BCUT2D eigenvalue weighted by Gasteiger charge is 2.07. The fraction of sp³-hybridized carbons (Fsp3) is 0.333. The van der Waals surface area contributed by atoms with E-state index < -0.39 is 0 Å². The highest BCUT2D eigenvalue weighted by atomic mass is 79.9. The van der Waals surface area contributed by atoms with Gasteiger partial charge in [-0.15, -0.1) is 0 Å². The maximum absolute atomic E-state index is 5.54. The molecular weight excluding hydrogens is 218 g/mol. The Balaban J connectivity index is 2.36. The quantitative estimate of drug-likeness (QED) is 0.736. The molecule has 1 aromatic carbocycles. The summed E-state index contributed by atoms with van der Waals surface area (Å²) in [5, 5.41) is 3.31. The summed E-state index contributed by atoms with van der Waals surface area (Å²) in [6, 6.07) is 6.04. The molecule has 12 heavy (non-hydrogen) atoms. The lowest BCUT2D eigenvalue weighted by Crippen LogP contribution is -1.99. The zero-order chi connectivity index (χ0) is 8.39. The Morgan fingerprint density at radius 3 is 3.25 bits per heavy atom. The van der Waals surface area contributed by atoms with Crippen LogP contribution in [0, 0.1) is 0 Å². The van der Waals surface area contributed by atoms with Crippen molar-refractivity contribution in [1.29, 1.82) is 0 Å². The first kappa shape index (κ1) is 7.92. The van der Waals surface area contributed by atoms with Crippen molar-refractivity contribution in [3.8, 4) is 5.75 Å². The molecule has 1 aromatic rings. The van der Waals surface area contributed by atoms with Crippen molar-refractivity contribution in [1.82, 2.24) is 0 Å². The Labute approximate surface area is 80.1 Å². The number of anilines is 1. The van der Waals surface area contributed by atoms with Crippen LogP contribution in [-0.2, 0) is 0 Å². The molecule has 0 amide bonds. The second-order valence-corrected chi connectivity index (χ2v) is 3.68. The number of benzene rings is 1. The molecule has 0 spiro atoms. The molecule has 2 nitrogen and oxygen atoms in total. The van der Waals surface area contributed by atoms with Crippen LogP contribution in [-0.4, -0.2) is 13.2 Å². The van der Waals surface area contributed by atoms with E-state index in [9.17, 15) is 0 Å². The summed E-state index contributed by atoms with van der Waals surface area (Å²) in [4.78, 5) is 0. The molecule has 0 bridgehead atoms. The highest BCUT2D eigenvalue weighted by Crippen LogP contribution is 2.29. The Morgan fingerprint density at radius 2 is 2.33 bits per heavy atom. The molecule has 0 radical (unpaired) electrons. The minimum absolute atomic E-state index is 0.802. The fourth-order valence-electron chi connectivity index (χ4n) is 1.24. The van der Waals surface area contributed by atoms with E-state index in [1.807, 2.05) is 18.2 Å². The minimum Gasteiger partial charge on any atom is -0.491 e. The van der Waals surface area contributed by atoms with Gasteiger partial charge in [0.1, 0.15) is 5.75 Å². The molecule has 0 fully saturated rings. The van der Waals surface area contributed by atoms with E-state index in [4.69, 9.17) is 4.74 Å². The molecule has 1 aliphatic rings. The van der Waals surface area contributed by atoms with Crippen LogP contribution in [0.4, 0.5) is 5.69 Å². The van der Waals surface area contributed by atoms with Gasteiger partial charge in [0, 0.05) is 11.0 Å². The van der Waals surface area contributed by atoms with Crippen molar-refractivity contribution in [2.75, 3.05) is 18.5 Å². The third-order valence-electron chi connectivity index (χ3n) is 1.84. The molecule has 2 rings (SSSR count). The smallest absolute Gasteiger partial charge is 0.143 e. The maximum atomic E-state index is 5.54. The SMILES string of the molecule is Brc1ccc2c(c1)OCCCN2. The molecule has 0 atom stereocenters. The number of hydrogen-bond donors (Lipinski definition) is 1. The lowest BCUT2D eigenvalue weighted by molar-refractivity contribution is 0.323. The lowest BCUT2D eigenvalue weighted by atomic mass is 10.3. The predicted molar refractivity (Wildman–Crippen MR) is 52.7 cm³/mol. The summed E-state index contributed by atoms with van der Waals surface area (Å²) in [5.41, 5.74) is 1.09. The number of halogens is 1. The number of ether oxygens (including phenoxy) is 1. The summed E-state index contributed by atoms with van der Waals surface area (Å²) in [5.74, 6) is 0.946. The second-order valence-electron chi connectivity index (χ2n) is 2.77.